The van der Waals surface area contributed by atoms with Gasteiger partial charge in [-0.25, -0.2) is 0 Å². The van der Waals surface area contributed by atoms with E-state index in [1.165, 1.54) is 6.92 Å². The Morgan fingerprint density at radius 2 is 1.68 bits per heavy atom. The van der Waals surface area contributed by atoms with Gasteiger partial charge in [0.15, 0.2) is 0 Å². The first kappa shape index (κ1) is 26.0. The summed E-state index contributed by atoms with van der Waals surface area (Å²) in [7, 11) is 1.55. The molecule has 2 N–H and O–H groups in total. The summed E-state index contributed by atoms with van der Waals surface area (Å²) in [6.07, 6.45) is -9.86. The summed E-state index contributed by atoms with van der Waals surface area (Å²) in [5.74, 6) is -0.357. The first-order valence-corrected chi connectivity index (χ1v) is 10.8. The normalized spacial score (nSPS) is 22.3. The van der Waals surface area contributed by atoms with Gasteiger partial charge in [-0.1, -0.05) is 30.3 Å². The van der Waals surface area contributed by atoms with Crippen molar-refractivity contribution in [3.05, 3.63) is 70.8 Å². The molecule has 34 heavy (non-hydrogen) atoms. The van der Waals surface area contributed by atoms with Crippen molar-refractivity contribution in [3.8, 4) is 0 Å². The van der Waals surface area contributed by atoms with Gasteiger partial charge in [-0.3, -0.25) is 4.79 Å². The fraction of sp³-hybridized carbons (Fsp3) is 0.458. The van der Waals surface area contributed by atoms with Crippen molar-refractivity contribution in [2.75, 3.05) is 20.2 Å². The summed E-state index contributed by atoms with van der Waals surface area (Å²) in [5, 5.41) is 5.96. The number of amides is 1. The standard InChI is InChI=1S/C24H26F6N2O2/c1-15(17-10-19(23(25,26)27)12-20(11-17)24(28,29)30)34-14-22(18-6-4-3-5-7-18)9-8-16(13-32-22)21(33)31-2/h3-7,10-12,15-16,32H,8-9,13-14H2,1-2H3,(H,31,33)/t15-,16?,22+/m1/s1. The lowest BCUT2D eigenvalue weighted by atomic mass is 9.79. The molecular formula is C24H26F6N2O2. The number of carbonyl (C=O) groups excluding carboxylic acids is 1. The molecule has 10 heteroatoms. The number of alkyl halides is 6. The summed E-state index contributed by atoms with van der Waals surface area (Å²) in [6.45, 7) is 1.77. The summed E-state index contributed by atoms with van der Waals surface area (Å²) >= 11 is 0. The maximum absolute atomic E-state index is 13.2. The van der Waals surface area contributed by atoms with E-state index in [1.54, 1.807) is 7.05 Å². The van der Waals surface area contributed by atoms with Crippen molar-refractivity contribution in [2.45, 2.75) is 43.8 Å². The average molecular weight is 488 g/mol. The third-order valence-electron chi connectivity index (χ3n) is 6.21. The van der Waals surface area contributed by atoms with Crippen LogP contribution in [0.15, 0.2) is 48.5 Å². The Balaban J connectivity index is 1.86. The minimum absolute atomic E-state index is 0.00373. The highest BCUT2D eigenvalue weighted by molar-refractivity contribution is 5.78. The number of benzene rings is 2. The van der Waals surface area contributed by atoms with Crippen molar-refractivity contribution >= 4 is 5.91 Å². The molecule has 0 bridgehead atoms. The fourth-order valence-electron chi connectivity index (χ4n) is 4.14. The van der Waals surface area contributed by atoms with Crippen LogP contribution in [0, 0.1) is 5.92 Å². The number of hydrogen-bond donors (Lipinski definition) is 2. The van der Waals surface area contributed by atoms with E-state index in [-0.39, 0.29) is 30.1 Å². The van der Waals surface area contributed by atoms with Crippen LogP contribution in [-0.2, 0) is 27.4 Å². The van der Waals surface area contributed by atoms with Gasteiger partial charge in [0.2, 0.25) is 5.91 Å². The van der Waals surface area contributed by atoms with Gasteiger partial charge in [-0.05, 0) is 49.1 Å². The molecule has 1 heterocycles. The quantitative estimate of drug-likeness (QED) is 0.533. The Morgan fingerprint density at radius 1 is 1.09 bits per heavy atom. The summed E-state index contributed by atoms with van der Waals surface area (Å²) in [6, 6.07) is 10.7. The number of halogens is 6. The summed E-state index contributed by atoms with van der Waals surface area (Å²) in [5.41, 5.74) is -2.86. The predicted octanol–water partition coefficient (Wildman–Crippen LogP) is 5.44. The molecule has 2 aromatic rings. The molecule has 1 aliphatic heterocycles. The van der Waals surface area contributed by atoms with E-state index in [0.29, 0.717) is 31.5 Å². The van der Waals surface area contributed by atoms with Crippen LogP contribution in [0.4, 0.5) is 26.3 Å². The molecule has 1 amide bonds. The third kappa shape index (κ3) is 5.90. The van der Waals surface area contributed by atoms with Gasteiger partial charge in [0.1, 0.15) is 0 Å². The molecule has 1 unspecified atom stereocenters. The summed E-state index contributed by atoms with van der Waals surface area (Å²) in [4.78, 5) is 12.0. The fourth-order valence-corrected chi connectivity index (χ4v) is 4.14. The molecular weight excluding hydrogens is 462 g/mol. The Hall–Kier alpha value is -2.59. The van der Waals surface area contributed by atoms with Crippen molar-refractivity contribution < 1.29 is 35.9 Å². The molecule has 3 atom stereocenters. The highest BCUT2D eigenvalue weighted by Crippen LogP contribution is 2.39. The van der Waals surface area contributed by atoms with Crippen LogP contribution in [0.2, 0.25) is 0 Å². The number of piperidine rings is 1. The van der Waals surface area contributed by atoms with Crippen molar-refractivity contribution in [2.24, 2.45) is 5.92 Å². The molecule has 1 saturated heterocycles. The molecule has 1 fully saturated rings. The molecule has 1 aliphatic rings. The van der Waals surface area contributed by atoms with Gasteiger partial charge in [-0.15, -0.1) is 0 Å². The van der Waals surface area contributed by atoms with Crippen LogP contribution in [0.1, 0.15) is 48.1 Å². The topological polar surface area (TPSA) is 50.4 Å². The van der Waals surface area contributed by atoms with Crippen LogP contribution in [0.5, 0.6) is 0 Å². The lowest BCUT2D eigenvalue weighted by Crippen LogP contribution is -2.54. The molecule has 2 aromatic carbocycles. The van der Waals surface area contributed by atoms with E-state index in [1.807, 2.05) is 30.3 Å². The molecule has 186 valence electrons. The summed E-state index contributed by atoms with van der Waals surface area (Å²) < 4.78 is 85.3. The molecule has 0 aromatic heterocycles. The van der Waals surface area contributed by atoms with E-state index in [4.69, 9.17) is 4.74 Å². The Morgan fingerprint density at radius 3 is 2.15 bits per heavy atom. The van der Waals surface area contributed by atoms with Gasteiger partial charge in [0.25, 0.3) is 0 Å². The van der Waals surface area contributed by atoms with Gasteiger partial charge < -0.3 is 15.4 Å². The van der Waals surface area contributed by atoms with Gasteiger partial charge in [0.05, 0.1) is 35.3 Å². The van der Waals surface area contributed by atoms with Gasteiger partial charge >= 0.3 is 12.4 Å². The average Bonchev–Trinajstić information content (AvgIpc) is 2.81. The lowest BCUT2D eigenvalue weighted by molar-refractivity contribution is -0.143. The zero-order valence-electron chi connectivity index (χ0n) is 18.7. The maximum Gasteiger partial charge on any atom is 0.416 e. The third-order valence-corrected chi connectivity index (χ3v) is 6.21. The Labute approximate surface area is 193 Å². The molecule has 0 radical (unpaired) electrons. The largest absolute Gasteiger partial charge is 0.416 e. The van der Waals surface area contributed by atoms with Crippen LogP contribution in [0.25, 0.3) is 0 Å². The number of hydrogen-bond acceptors (Lipinski definition) is 3. The van der Waals surface area contributed by atoms with Gasteiger partial charge in [0, 0.05) is 13.6 Å². The zero-order valence-corrected chi connectivity index (χ0v) is 18.7. The maximum atomic E-state index is 13.2. The predicted molar refractivity (Wildman–Crippen MR) is 114 cm³/mol. The molecule has 0 aliphatic carbocycles. The number of ether oxygens (including phenoxy) is 1. The van der Waals surface area contributed by atoms with E-state index in [2.05, 4.69) is 10.6 Å². The van der Waals surface area contributed by atoms with Crippen LogP contribution in [0.3, 0.4) is 0 Å². The van der Waals surface area contributed by atoms with Crippen molar-refractivity contribution in [1.82, 2.24) is 10.6 Å². The SMILES string of the molecule is CNC(=O)C1CC[C@](CO[C@H](C)c2cc(C(F)(F)F)cc(C(F)(F)F)c2)(c2ccccc2)NC1. The molecule has 3 rings (SSSR count). The van der Waals surface area contributed by atoms with E-state index in [0.717, 1.165) is 5.56 Å². The first-order valence-electron chi connectivity index (χ1n) is 10.8. The Bertz CT molecular complexity index is 951. The number of carbonyl (C=O) groups is 1. The van der Waals surface area contributed by atoms with E-state index < -0.39 is 35.1 Å². The monoisotopic (exact) mass is 488 g/mol. The molecule has 4 nitrogen and oxygen atoms in total. The Kier molecular flexibility index (Phi) is 7.62. The smallest absolute Gasteiger partial charge is 0.372 e. The second-order valence-electron chi connectivity index (χ2n) is 8.47. The number of nitrogens with one attached hydrogen (secondary N) is 2. The van der Waals surface area contributed by atoms with Crippen molar-refractivity contribution in [1.29, 1.82) is 0 Å². The van der Waals surface area contributed by atoms with E-state index >= 15 is 0 Å². The van der Waals surface area contributed by atoms with Crippen molar-refractivity contribution in [3.63, 3.8) is 0 Å². The minimum Gasteiger partial charge on any atom is -0.372 e. The van der Waals surface area contributed by atoms with Crippen LogP contribution < -0.4 is 10.6 Å². The number of rotatable bonds is 6. The zero-order chi connectivity index (χ0) is 25.1. The highest BCUT2D eigenvalue weighted by Gasteiger charge is 2.40. The first-order chi connectivity index (χ1) is 15.9. The molecule has 0 saturated carbocycles. The van der Waals surface area contributed by atoms with Crippen LogP contribution in [-0.4, -0.2) is 26.1 Å². The molecule has 0 spiro atoms. The minimum atomic E-state index is -4.93. The second kappa shape index (κ2) is 9.95. The van der Waals surface area contributed by atoms with E-state index in [9.17, 15) is 31.1 Å². The lowest BCUT2D eigenvalue weighted by Gasteiger charge is -2.41. The van der Waals surface area contributed by atoms with Crippen LogP contribution >= 0.6 is 0 Å². The van der Waals surface area contributed by atoms with Gasteiger partial charge in [-0.2, -0.15) is 26.3 Å². The highest BCUT2D eigenvalue weighted by atomic mass is 19.4. The second-order valence-corrected chi connectivity index (χ2v) is 8.47.